The summed E-state index contributed by atoms with van der Waals surface area (Å²) in [5, 5.41) is 7.73. The van der Waals surface area contributed by atoms with E-state index in [1.807, 2.05) is 18.2 Å². The van der Waals surface area contributed by atoms with E-state index in [-0.39, 0.29) is 11.3 Å². The van der Waals surface area contributed by atoms with Gasteiger partial charge in [0.2, 0.25) is 5.91 Å². The molecule has 4 rings (SSSR count). The summed E-state index contributed by atoms with van der Waals surface area (Å²) >= 11 is 0. The number of hydrogen-bond acceptors (Lipinski definition) is 3. The largest absolute Gasteiger partial charge is 0.461 e. The minimum absolute atomic E-state index is 0.161. The van der Waals surface area contributed by atoms with Crippen molar-refractivity contribution < 1.29 is 9.21 Å². The predicted molar refractivity (Wildman–Crippen MR) is 90.2 cm³/mol. The number of fused-ring (bicyclic) bond motifs is 2. The van der Waals surface area contributed by atoms with Crippen molar-refractivity contribution >= 4 is 16.9 Å². The summed E-state index contributed by atoms with van der Waals surface area (Å²) in [6, 6.07) is 10.1. The first-order valence-electron chi connectivity index (χ1n) is 8.74. The monoisotopic (exact) mass is 312 g/mol. The highest BCUT2D eigenvalue weighted by atomic mass is 16.3. The first-order chi connectivity index (χ1) is 11.3. The minimum Gasteiger partial charge on any atom is -0.461 e. The van der Waals surface area contributed by atoms with Crippen molar-refractivity contribution in [1.82, 2.24) is 10.6 Å². The first-order valence-corrected chi connectivity index (χ1v) is 8.74. The van der Waals surface area contributed by atoms with E-state index < -0.39 is 0 Å². The number of nitrogens with one attached hydrogen (secondary N) is 2. The van der Waals surface area contributed by atoms with E-state index >= 15 is 0 Å². The van der Waals surface area contributed by atoms with Crippen molar-refractivity contribution in [2.45, 2.75) is 32.1 Å². The van der Waals surface area contributed by atoms with Gasteiger partial charge in [-0.1, -0.05) is 31.0 Å². The molecule has 1 amide bonds. The van der Waals surface area contributed by atoms with Gasteiger partial charge < -0.3 is 15.1 Å². The third-order valence-electron chi connectivity index (χ3n) is 5.62. The lowest BCUT2D eigenvalue weighted by atomic mass is 9.67. The summed E-state index contributed by atoms with van der Waals surface area (Å²) < 4.78 is 5.82. The summed E-state index contributed by atoms with van der Waals surface area (Å²) in [5.41, 5.74) is 0.756. The molecule has 0 bridgehead atoms. The Kier molecular flexibility index (Phi) is 3.85. The maximum Gasteiger partial charge on any atom is 0.227 e. The number of amides is 1. The molecule has 0 spiro atoms. The predicted octanol–water partition coefficient (Wildman–Crippen LogP) is 2.87. The Morgan fingerprint density at radius 3 is 3.17 bits per heavy atom. The lowest BCUT2D eigenvalue weighted by molar-refractivity contribution is -0.133. The van der Waals surface area contributed by atoms with Gasteiger partial charge in [-0.2, -0.15) is 0 Å². The Labute approximate surface area is 136 Å². The number of carbonyl (C=O) groups is 1. The number of carbonyl (C=O) groups excluding carboxylic acids is 1. The minimum atomic E-state index is -0.161. The van der Waals surface area contributed by atoms with Gasteiger partial charge in [0.15, 0.2) is 0 Å². The molecule has 1 saturated heterocycles. The van der Waals surface area contributed by atoms with Gasteiger partial charge in [0, 0.05) is 24.9 Å². The van der Waals surface area contributed by atoms with Gasteiger partial charge >= 0.3 is 0 Å². The van der Waals surface area contributed by atoms with E-state index in [1.165, 1.54) is 19.3 Å². The van der Waals surface area contributed by atoms with E-state index in [9.17, 15) is 4.79 Å². The summed E-state index contributed by atoms with van der Waals surface area (Å²) in [5.74, 6) is 1.69. The number of hydrogen-bond donors (Lipinski definition) is 2. The molecule has 1 aromatic heterocycles. The molecule has 0 radical (unpaired) electrons. The summed E-state index contributed by atoms with van der Waals surface area (Å²) in [4.78, 5) is 12.8. The molecule has 1 saturated carbocycles. The van der Waals surface area contributed by atoms with Crippen molar-refractivity contribution in [3.05, 3.63) is 36.1 Å². The van der Waals surface area contributed by atoms with Crippen LogP contribution < -0.4 is 10.6 Å². The van der Waals surface area contributed by atoms with E-state index in [0.29, 0.717) is 12.5 Å². The van der Waals surface area contributed by atoms with Crippen LogP contribution in [-0.4, -0.2) is 25.5 Å². The van der Waals surface area contributed by atoms with Crippen molar-refractivity contribution in [2.75, 3.05) is 19.6 Å². The maximum atomic E-state index is 12.8. The second-order valence-corrected chi connectivity index (χ2v) is 6.99. The van der Waals surface area contributed by atoms with E-state index in [1.54, 1.807) is 0 Å². The molecule has 2 N–H and O–H groups in total. The molecular weight excluding hydrogens is 288 g/mol. The molecule has 2 fully saturated rings. The Balaban J connectivity index is 1.38. The van der Waals surface area contributed by atoms with Crippen LogP contribution in [0, 0.1) is 11.3 Å². The van der Waals surface area contributed by atoms with Crippen LogP contribution in [0.3, 0.4) is 0 Å². The molecule has 4 nitrogen and oxygen atoms in total. The molecule has 4 heteroatoms. The van der Waals surface area contributed by atoms with Crippen molar-refractivity contribution in [3.63, 3.8) is 0 Å². The fraction of sp³-hybridized carbons (Fsp3) is 0.526. The smallest absolute Gasteiger partial charge is 0.227 e. The average molecular weight is 312 g/mol. The Morgan fingerprint density at radius 2 is 2.26 bits per heavy atom. The van der Waals surface area contributed by atoms with Crippen LogP contribution in [0.15, 0.2) is 34.7 Å². The molecule has 0 unspecified atom stereocenters. The average Bonchev–Trinajstić information content (AvgIpc) is 3.18. The maximum absolute atomic E-state index is 12.8. The molecule has 2 atom stereocenters. The molecule has 122 valence electrons. The fourth-order valence-electron chi connectivity index (χ4n) is 4.33. The van der Waals surface area contributed by atoms with Crippen LogP contribution in [0.1, 0.15) is 31.4 Å². The van der Waals surface area contributed by atoms with Gasteiger partial charge in [-0.25, -0.2) is 0 Å². The zero-order valence-corrected chi connectivity index (χ0v) is 13.4. The normalized spacial score (nSPS) is 27.0. The van der Waals surface area contributed by atoms with Crippen molar-refractivity contribution in [2.24, 2.45) is 11.3 Å². The topological polar surface area (TPSA) is 54.3 Å². The quantitative estimate of drug-likeness (QED) is 0.913. The lowest BCUT2D eigenvalue weighted by Gasteiger charge is -2.37. The summed E-state index contributed by atoms with van der Waals surface area (Å²) in [7, 11) is 0. The van der Waals surface area contributed by atoms with Crippen LogP contribution >= 0.6 is 0 Å². The zero-order chi connectivity index (χ0) is 15.7. The van der Waals surface area contributed by atoms with Crippen molar-refractivity contribution in [3.8, 4) is 0 Å². The molecule has 2 aromatic rings. The Hall–Kier alpha value is -1.81. The number of furan rings is 1. The highest BCUT2D eigenvalue weighted by molar-refractivity contribution is 5.84. The van der Waals surface area contributed by atoms with E-state index in [4.69, 9.17) is 4.42 Å². The third-order valence-corrected chi connectivity index (χ3v) is 5.62. The molecule has 2 heterocycles. The highest BCUT2D eigenvalue weighted by Gasteiger charge is 2.49. The highest BCUT2D eigenvalue weighted by Crippen LogP contribution is 2.43. The first kappa shape index (κ1) is 14.8. The van der Waals surface area contributed by atoms with Gasteiger partial charge in [0.05, 0.1) is 5.41 Å². The van der Waals surface area contributed by atoms with Crippen LogP contribution in [-0.2, 0) is 11.2 Å². The molecule has 1 aliphatic heterocycles. The van der Waals surface area contributed by atoms with Gasteiger partial charge in [0.1, 0.15) is 11.3 Å². The second kappa shape index (κ2) is 6.00. The zero-order valence-electron chi connectivity index (χ0n) is 13.4. The number of para-hydroxylation sites is 1. The number of rotatable bonds is 4. The Bertz CT molecular complexity index is 675. The van der Waals surface area contributed by atoms with Crippen LogP contribution in [0.2, 0.25) is 0 Å². The van der Waals surface area contributed by atoms with Crippen LogP contribution in [0.5, 0.6) is 0 Å². The SMILES string of the molecule is O=C(NCCc1cc2ccccc2o1)[C@@]12CCCC[C@H]1CNC2. The number of benzene rings is 1. The van der Waals surface area contributed by atoms with Gasteiger partial charge in [0.25, 0.3) is 0 Å². The summed E-state index contributed by atoms with van der Waals surface area (Å²) in [6.45, 7) is 2.48. The van der Waals surface area contributed by atoms with Gasteiger partial charge in [-0.05, 0) is 37.4 Å². The molecule has 1 aliphatic carbocycles. The molecule has 2 aliphatic rings. The Morgan fingerprint density at radius 1 is 1.35 bits per heavy atom. The van der Waals surface area contributed by atoms with E-state index in [2.05, 4.69) is 22.8 Å². The van der Waals surface area contributed by atoms with Gasteiger partial charge in [-0.3, -0.25) is 4.79 Å². The molecule has 1 aromatic carbocycles. The third kappa shape index (κ3) is 2.65. The van der Waals surface area contributed by atoms with Crippen molar-refractivity contribution in [1.29, 1.82) is 0 Å². The standard InChI is InChI=1S/C19H24N2O2/c22-18(19-9-4-3-6-15(19)12-20-13-19)21-10-8-16-11-14-5-1-2-7-17(14)23-16/h1-2,5,7,11,15,20H,3-4,6,8-10,12-13H2,(H,21,22)/t15-,19+/m0/s1. The van der Waals surface area contributed by atoms with Crippen LogP contribution in [0.4, 0.5) is 0 Å². The van der Waals surface area contributed by atoms with E-state index in [0.717, 1.165) is 42.7 Å². The molecule has 23 heavy (non-hydrogen) atoms. The van der Waals surface area contributed by atoms with Crippen LogP contribution in [0.25, 0.3) is 11.0 Å². The lowest BCUT2D eigenvalue weighted by Crippen LogP contribution is -2.48. The molecular formula is C19H24N2O2. The second-order valence-electron chi connectivity index (χ2n) is 6.99. The fourth-order valence-corrected chi connectivity index (χ4v) is 4.33. The summed E-state index contributed by atoms with van der Waals surface area (Å²) in [6.07, 6.45) is 5.40. The van der Waals surface area contributed by atoms with Gasteiger partial charge in [-0.15, -0.1) is 0 Å².